The molecule has 3 nitrogen and oxygen atoms in total. The molecule has 0 radical (unpaired) electrons. The average Bonchev–Trinajstić information content (AvgIpc) is 2.32. The van der Waals surface area contributed by atoms with E-state index in [9.17, 15) is 18.3 Å². The molecular formula is C14H20F3NO2. The van der Waals surface area contributed by atoms with Crippen molar-refractivity contribution in [3.05, 3.63) is 29.8 Å². The van der Waals surface area contributed by atoms with E-state index >= 15 is 0 Å². The third-order valence-corrected chi connectivity index (χ3v) is 2.49. The first kappa shape index (κ1) is 16.8. The number of aliphatic hydroxyl groups is 1. The van der Waals surface area contributed by atoms with Gasteiger partial charge in [-0.3, -0.25) is 0 Å². The van der Waals surface area contributed by atoms with Gasteiger partial charge < -0.3 is 15.2 Å². The first-order chi connectivity index (χ1) is 9.08. The van der Waals surface area contributed by atoms with Crippen molar-refractivity contribution in [2.24, 2.45) is 0 Å². The van der Waals surface area contributed by atoms with Gasteiger partial charge in [0.2, 0.25) is 0 Å². The quantitative estimate of drug-likeness (QED) is 0.876. The first-order valence-corrected chi connectivity index (χ1v) is 6.31. The Hall–Kier alpha value is -1.27. The zero-order chi connectivity index (χ0) is 15.4. The zero-order valence-electron chi connectivity index (χ0n) is 11.8. The van der Waals surface area contributed by atoms with Crippen LogP contribution in [0, 0.1) is 0 Å². The van der Waals surface area contributed by atoms with Gasteiger partial charge in [-0.05, 0) is 45.0 Å². The molecule has 0 aliphatic heterocycles. The van der Waals surface area contributed by atoms with Crippen LogP contribution < -0.4 is 10.1 Å². The fraction of sp³-hybridized carbons (Fsp3) is 0.571. The molecule has 20 heavy (non-hydrogen) atoms. The summed E-state index contributed by atoms with van der Waals surface area (Å²) in [5.41, 5.74) is -0.838. The van der Waals surface area contributed by atoms with Crippen LogP contribution >= 0.6 is 0 Å². The molecule has 1 aromatic carbocycles. The number of β-amino-alcohol motifs (C(OH)–C–C–N with tert-alkyl or cyclic N) is 1. The maximum atomic E-state index is 12.4. The Morgan fingerprint density at radius 3 is 2.15 bits per heavy atom. The van der Waals surface area contributed by atoms with E-state index in [1.54, 1.807) is 0 Å². The van der Waals surface area contributed by atoms with Gasteiger partial charge >= 0.3 is 6.18 Å². The largest absolute Gasteiger partial charge is 0.491 e. The predicted octanol–water partition coefficient (Wildman–Crippen LogP) is 2.83. The van der Waals surface area contributed by atoms with E-state index in [4.69, 9.17) is 4.74 Å². The van der Waals surface area contributed by atoms with Crippen molar-refractivity contribution >= 4 is 0 Å². The van der Waals surface area contributed by atoms with Crippen molar-refractivity contribution in [1.29, 1.82) is 0 Å². The number of rotatable bonds is 5. The average molecular weight is 291 g/mol. The highest BCUT2D eigenvalue weighted by Gasteiger charge is 2.30. The summed E-state index contributed by atoms with van der Waals surface area (Å²) in [6.07, 6.45) is -5.08. The molecule has 1 rings (SSSR count). The molecule has 0 saturated heterocycles. The molecule has 1 aromatic rings. The van der Waals surface area contributed by atoms with E-state index in [2.05, 4.69) is 5.32 Å². The standard InChI is InChI=1S/C14H20F3NO2/c1-13(2,3)18-8-11(19)9-20-12-6-4-10(5-7-12)14(15,16)17/h4-7,11,18-19H,8-9H2,1-3H3. The predicted molar refractivity (Wildman–Crippen MR) is 70.7 cm³/mol. The summed E-state index contributed by atoms with van der Waals surface area (Å²) in [7, 11) is 0. The minimum atomic E-state index is -4.35. The Bertz CT molecular complexity index is 410. The molecule has 0 aliphatic carbocycles. The monoisotopic (exact) mass is 291 g/mol. The van der Waals surface area contributed by atoms with Crippen LogP contribution in [0.15, 0.2) is 24.3 Å². The summed E-state index contributed by atoms with van der Waals surface area (Å²) in [6, 6.07) is 4.39. The van der Waals surface area contributed by atoms with Crippen molar-refractivity contribution in [3.63, 3.8) is 0 Å². The lowest BCUT2D eigenvalue weighted by molar-refractivity contribution is -0.137. The smallest absolute Gasteiger partial charge is 0.416 e. The van der Waals surface area contributed by atoms with Crippen LogP contribution in [-0.2, 0) is 6.18 Å². The molecule has 0 aromatic heterocycles. The van der Waals surface area contributed by atoms with E-state index in [0.717, 1.165) is 12.1 Å². The second-order valence-corrected chi connectivity index (χ2v) is 5.62. The van der Waals surface area contributed by atoms with Crippen molar-refractivity contribution in [2.75, 3.05) is 13.2 Å². The van der Waals surface area contributed by atoms with Gasteiger partial charge in [0.1, 0.15) is 18.5 Å². The Balaban J connectivity index is 2.42. The van der Waals surface area contributed by atoms with Crippen LogP contribution in [0.3, 0.4) is 0 Å². The van der Waals surface area contributed by atoms with Crippen LogP contribution in [0.4, 0.5) is 13.2 Å². The molecule has 6 heteroatoms. The molecular weight excluding hydrogens is 271 g/mol. The SMILES string of the molecule is CC(C)(C)NCC(O)COc1ccc(C(F)(F)F)cc1. The van der Waals surface area contributed by atoms with E-state index in [-0.39, 0.29) is 12.1 Å². The zero-order valence-corrected chi connectivity index (χ0v) is 11.8. The number of alkyl halides is 3. The number of ether oxygens (including phenoxy) is 1. The topological polar surface area (TPSA) is 41.5 Å². The summed E-state index contributed by atoms with van der Waals surface area (Å²) in [4.78, 5) is 0. The van der Waals surface area contributed by atoms with Crippen LogP contribution in [0.2, 0.25) is 0 Å². The minimum absolute atomic E-state index is 0.0223. The fourth-order valence-electron chi connectivity index (χ4n) is 1.42. The lowest BCUT2D eigenvalue weighted by Crippen LogP contribution is -2.42. The van der Waals surface area contributed by atoms with Crippen LogP contribution in [-0.4, -0.2) is 29.9 Å². The Morgan fingerprint density at radius 2 is 1.70 bits per heavy atom. The molecule has 0 heterocycles. The van der Waals surface area contributed by atoms with E-state index < -0.39 is 17.8 Å². The molecule has 0 saturated carbocycles. The van der Waals surface area contributed by atoms with Crippen molar-refractivity contribution in [1.82, 2.24) is 5.32 Å². The number of hydrogen-bond donors (Lipinski definition) is 2. The molecule has 0 spiro atoms. The summed E-state index contributed by atoms with van der Waals surface area (Å²) < 4.78 is 42.3. The number of aliphatic hydroxyl groups excluding tert-OH is 1. The van der Waals surface area contributed by atoms with Gasteiger partial charge in [-0.1, -0.05) is 0 Å². The van der Waals surface area contributed by atoms with Crippen molar-refractivity contribution in [2.45, 2.75) is 38.6 Å². The van der Waals surface area contributed by atoms with Crippen molar-refractivity contribution < 1.29 is 23.0 Å². The molecule has 0 fully saturated rings. The van der Waals surface area contributed by atoms with Gasteiger partial charge in [0, 0.05) is 12.1 Å². The van der Waals surface area contributed by atoms with Gasteiger partial charge in [0.25, 0.3) is 0 Å². The van der Waals surface area contributed by atoms with Crippen LogP contribution in [0.25, 0.3) is 0 Å². The van der Waals surface area contributed by atoms with Gasteiger partial charge in [0.15, 0.2) is 0 Å². The summed E-state index contributed by atoms with van der Waals surface area (Å²) >= 11 is 0. The maximum Gasteiger partial charge on any atom is 0.416 e. The highest BCUT2D eigenvalue weighted by atomic mass is 19.4. The van der Waals surface area contributed by atoms with E-state index in [0.29, 0.717) is 12.3 Å². The van der Waals surface area contributed by atoms with Gasteiger partial charge in [0.05, 0.1) is 5.56 Å². The second-order valence-electron chi connectivity index (χ2n) is 5.62. The molecule has 114 valence electrons. The highest BCUT2D eigenvalue weighted by molar-refractivity contribution is 5.28. The van der Waals surface area contributed by atoms with Crippen LogP contribution in [0.5, 0.6) is 5.75 Å². The Morgan fingerprint density at radius 1 is 1.15 bits per heavy atom. The first-order valence-electron chi connectivity index (χ1n) is 6.31. The van der Waals surface area contributed by atoms with Gasteiger partial charge in [-0.15, -0.1) is 0 Å². The molecule has 0 aliphatic rings. The Kier molecular flexibility index (Phi) is 5.42. The van der Waals surface area contributed by atoms with Crippen molar-refractivity contribution in [3.8, 4) is 5.75 Å². The number of halogens is 3. The van der Waals surface area contributed by atoms with Gasteiger partial charge in [-0.25, -0.2) is 0 Å². The molecule has 0 amide bonds. The maximum absolute atomic E-state index is 12.4. The molecule has 1 atom stereocenters. The lowest BCUT2D eigenvalue weighted by atomic mass is 10.1. The number of benzene rings is 1. The normalized spacial score (nSPS) is 14.2. The second kappa shape index (κ2) is 6.45. The fourth-order valence-corrected chi connectivity index (χ4v) is 1.42. The summed E-state index contributed by atoms with van der Waals surface area (Å²) in [5, 5.41) is 12.8. The van der Waals surface area contributed by atoms with E-state index in [1.807, 2.05) is 20.8 Å². The minimum Gasteiger partial charge on any atom is -0.491 e. The molecule has 0 bridgehead atoms. The third-order valence-electron chi connectivity index (χ3n) is 2.49. The molecule has 2 N–H and O–H groups in total. The highest BCUT2D eigenvalue weighted by Crippen LogP contribution is 2.30. The Labute approximate surface area is 116 Å². The number of hydrogen-bond acceptors (Lipinski definition) is 3. The summed E-state index contributed by atoms with van der Waals surface area (Å²) in [5.74, 6) is 0.299. The summed E-state index contributed by atoms with van der Waals surface area (Å²) in [6.45, 7) is 6.28. The third kappa shape index (κ3) is 6.25. The molecule has 1 unspecified atom stereocenters. The number of nitrogens with one attached hydrogen (secondary N) is 1. The van der Waals surface area contributed by atoms with Crippen LogP contribution in [0.1, 0.15) is 26.3 Å². The van der Waals surface area contributed by atoms with Gasteiger partial charge in [-0.2, -0.15) is 13.2 Å². The van der Waals surface area contributed by atoms with E-state index in [1.165, 1.54) is 12.1 Å². The lowest BCUT2D eigenvalue weighted by Gasteiger charge is -2.23.